The first-order chi connectivity index (χ1) is 5.34. The van der Waals surface area contributed by atoms with Crippen molar-refractivity contribution in [2.45, 2.75) is 16.5 Å². The highest BCUT2D eigenvalue weighted by atomic mass is 32.2. The Hall–Kier alpha value is -0.130. The van der Waals surface area contributed by atoms with E-state index in [0.717, 1.165) is 28.5 Å². The van der Waals surface area contributed by atoms with Crippen LogP contribution < -0.4 is 5.32 Å². The second-order valence-electron chi connectivity index (χ2n) is 2.51. The number of hydrogen-bond acceptors (Lipinski definition) is 5. The van der Waals surface area contributed by atoms with Crippen LogP contribution >= 0.6 is 23.3 Å². The molecular formula is C6H9N3S2. The van der Waals surface area contributed by atoms with Crippen LogP contribution in [0.15, 0.2) is 4.34 Å². The predicted octanol–water partition coefficient (Wildman–Crippen LogP) is 0.910. The fraction of sp³-hybridized carbons (Fsp3) is 0.667. The van der Waals surface area contributed by atoms with E-state index < -0.39 is 0 Å². The van der Waals surface area contributed by atoms with Gasteiger partial charge in [0.1, 0.15) is 5.82 Å². The second kappa shape index (κ2) is 3.08. The third kappa shape index (κ3) is 1.72. The molecule has 0 saturated carbocycles. The second-order valence-corrected chi connectivity index (χ2v) is 4.80. The number of hydrogen-bond donors (Lipinski definition) is 1. The highest BCUT2D eigenvalue weighted by Gasteiger charge is 2.19. The first-order valence-corrected chi connectivity index (χ1v) is 5.17. The van der Waals surface area contributed by atoms with Gasteiger partial charge in [-0.25, -0.2) is 4.98 Å². The zero-order valence-corrected chi connectivity index (χ0v) is 7.84. The lowest BCUT2D eigenvalue weighted by molar-refractivity contribution is 0.543. The van der Waals surface area contributed by atoms with E-state index in [-0.39, 0.29) is 0 Å². The Labute approximate surface area is 73.8 Å². The maximum absolute atomic E-state index is 4.28. The highest BCUT2D eigenvalue weighted by molar-refractivity contribution is 8.01. The lowest BCUT2D eigenvalue weighted by Crippen LogP contribution is -2.44. The van der Waals surface area contributed by atoms with E-state index in [2.05, 4.69) is 14.7 Å². The van der Waals surface area contributed by atoms with E-state index in [9.17, 15) is 0 Å². The highest BCUT2D eigenvalue weighted by Crippen LogP contribution is 2.26. The Balaban J connectivity index is 1.95. The van der Waals surface area contributed by atoms with Gasteiger partial charge in [-0.2, -0.15) is 4.37 Å². The number of rotatable bonds is 2. The molecule has 2 rings (SSSR count). The van der Waals surface area contributed by atoms with Gasteiger partial charge in [0.25, 0.3) is 0 Å². The molecule has 11 heavy (non-hydrogen) atoms. The van der Waals surface area contributed by atoms with Gasteiger partial charge in [-0.05, 0) is 18.5 Å². The molecular weight excluding hydrogens is 178 g/mol. The summed E-state index contributed by atoms with van der Waals surface area (Å²) in [5.41, 5.74) is 0. The summed E-state index contributed by atoms with van der Waals surface area (Å²) in [4.78, 5) is 4.28. The van der Waals surface area contributed by atoms with Crippen LogP contribution in [0.2, 0.25) is 0 Å². The summed E-state index contributed by atoms with van der Waals surface area (Å²) in [5.74, 6) is 0.893. The normalized spacial score (nSPS) is 18.3. The zero-order valence-electron chi connectivity index (χ0n) is 6.20. The molecule has 1 aliphatic heterocycles. The molecule has 0 bridgehead atoms. The first kappa shape index (κ1) is 7.52. The third-order valence-electron chi connectivity index (χ3n) is 1.52. The van der Waals surface area contributed by atoms with Gasteiger partial charge >= 0.3 is 0 Å². The molecule has 5 heteroatoms. The summed E-state index contributed by atoms with van der Waals surface area (Å²) < 4.78 is 5.22. The lowest BCUT2D eigenvalue weighted by Gasteiger charge is -2.24. The number of aromatic nitrogens is 2. The molecule has 0 amide bonds. The van der Waals surface area contributed by atoms with Crippen molar-refractivity contribution in [2.24, 2.45) is 0 Å². The molecule has 2 heterocycles. The van der Waals surface area contributed by atoms with E-state index in [1.54, 1.807) is 0 Å². The van der Waals surface area contributed by atoms with Crippen molar-refractivity contribution in [3.63, 3.8) is 0 Å². The average molecular weight is 187 g/mol. The van der Waals surface area contributed by atoms with Crippen LogP contribution in [0.3, 0.4) is 0 Å². The van der Waals surface area contributed by atoms with Gasteiger partial charge in [-0.3, -0.25) is 0 Å². The summed E-state index contributed by atoms with van der Waals surface area (Å²) in [6.07, 6.45) is 0. The van der Waals surface area contributed by atoms with Crippen LogP contribution in [0, 0.1) is 6.92 Å². The van der Waals surface area contributed by atoms with Crippen LogP contribution in [0.5, 0.6) is 0 Å². The van der Waals surface area contributed by atoms with Crippen molar-refractivity contribution in [3.8, 4) is 0 Å². The summed E-state index contributed by atoms with van der Waals surface area (Å²) >= 11 is 3.33. The minimum absolute atomic E-state index is 0.724. The van der Waals surface area contributed by atoms with Crippen molar-refractivity contribution < 1.29 is 0 Å². The van der Waals surface area contributed by atoms with Crippen molar-refractivity contribution >= 4 is 23.3 Å². The summed E-state index contributed by atoms with van der Waals surface area (Å²) in [6, 6.07) is 0. The summed E-state index contributed by atoms with van der Waals surface area (Å²) in [5, 5.41) is 3.95. The topological polar surface area (TPSA) is 37.8 Å². The van der Waals surface area contributed by atoms with Crippen molar-refractivity contribution in [2.75, 3.05) is 13.1 Å². The number of thioether (sulfide) groups is 1. The van der Waals surface area contributed by atoms with Gasteiger partial charge in [-0.15, -0.1) is 0 Å². The van der Waals surface area contributed by atoms with Gasteiger partial charge in [-0.1, -0.05) is 11.8 Å². The standard InChI is InChI=1S/C6H9N3S2/c1-4-8-6(11-9-4)10-5-2-7-3-5/h5,7H,2-3H2,1H3. The van der Waals surface area contributed by atoms with Crippen molar-refractivity contribution in [1.82, 2.24) is 14.7 Å². The number of aryl methyl sites for hydroxylation is 1. The fourth-order valence-electron chi connectivity index (χ4n) is 0.814. The van der Waals surface area contributed by atoms with E-state index in [0.29, 0.717) is 0 Å². The van der Waals surface area contributed by atoms with E-state index >= 15 is 0 Å². The van der Waals surface area contributed by atoms with Crippen molar-refractivity contribution in [1.29, 1.82) is 0 Å². The van der Waals surface area contributed by atoms with Crippen LogP contribution in [-0.2, 0) is 0 Å². The smallest absolute Gasteiger partial charge is 0.170 e. The summed E-state index contributed by atoms with van der Waals surface area (Å²) in [6.45, 7) is 4.16. The number of nitrogens with zero attached hydrogens (tertiary/aromatic N) is 2. The van der Waals surface area contributed by atoms with E-state index in [4.69, 9.17) is 0 Å². The SMILES string of the molecule is Cc1nsc(SC2CNC2)n1. The van der Waals surface area contributed by atoms with E-state index in [1.807, 2.05) is 18.7 Å². The molecule has 60 valence electrons. The number of nitrogens with one attached hydrogen (secondary N) is 1. The predicted molar refractivity (Wildman–Crippen MR) is 47.2 cm³/mol. The van der Waals surface area contributed by atoms with Gasteiger partial charge in [0.05, 0.1) is 0 Å². The maximum Gasteiger partial charge on any atom is 0.170 e. The molecule has 0 radical (unpaired) electrons. The van der Waals surface area contributed by atoms with Crippen molar-refractivity contribution in [3.05, 3.63) is 5.82 Å². The van der Waals surface area contributed by atoms with Crippen LogP contribution in [-0.4, -0.2) is 27.7 Å². The Kier molecular flexibility index (Phi) is 2.11. The Morgan fingerprint density at radius 1 is 1.64 bits per heavy atom. The lowest BCUT2D eigenvalue weighted by atomic mass is 10.3. The molecule has 1 N–H and O–H groups in total. The molecule has 0 aromatic carbocycles. The minimum atomic E-state index is 0.724. The molecule has 0 unspecified atom stereocenters. The zero-order chi connectivity index (χ0) is 7.68. The molecule has 3 nitrogen and oxygen atoms in total. The fourth-order valence-corrected chi connectivity index (χ4v) is 2.80. The molecule has 1 aromatic heterocycles. The molecule has 1 saturated heterocycles. The quantitative estimate of drug-likeness (QED) is 0.747. The van der Waals surface area contributed by atoms with Crippen LogP contribution in [0.4, 0.5) is 0 Å². The Bertz CT molecular complexity index is 244. The molecule has 0 spiro atoms. The van der Waals surface area contributed by atoms with E-state index in [1.165, 1.54) is 11.5 Å². The monoisotopic (exact) mass is 187 g/mol. The van der Waals surface area contributed by atoms with Crippen LogP contribution in [0.1, 0.15) is 5.82 Å². The van der Waals surface area contributed by atoms with Gasteiger partial charge < -0.3 is 5.32 Å². The van der Waals surface area contributed by atoms with Gasteiger partial charge in [0.2, 0.25) is 0 Å². The van der Waals surface area contributed by atoms with Gasteiger partial charge in [0.15, 0.2) is 4.34 Å². The average Bonchev–Trinajstić information content (AvgIpc) is 2.27. The maximum atomic E-state index is 4.28. The Morgan fingerprint density at radius 3 is 2.91 bits per heavy atom. The first-order valence-electron chi connectivity index (χ1n) is 3.52. The Morgan fingerprint density at radius 2 is 2.45 bits per heavy atom. The third-order valence-corrected chi connectivity index (χ3v) is 3.60. The molecule has 1 aliphatic rings. The molecule has 0 atom stereocenters. The largest absolute Gasteiger partial charge is 0.314 e. The summed E-state index contributed by atoms with van der Waals surface area (Å²) in [7, 11) is 0. The molecule has 1 aromatic rings. The van der Waals surface area contributed by atoms with Gasteiger partial charge in [0, 0.05) is 18.3 Å². The van der Waals surface area contributed by atoms with Crippen LogP contribution in [0.25, 0.3) is 0 Å². The molecule has 0 aliphatic carbocycles. The minimum Gasteiger partial charge on any atom is -0.314 e. The molecule has 1 fully saturated rings.